The molecular formula is C18H27N3O. The molecule has 1 aliphatic rings. The third-order valence-corrected chi connectivity index (χ3v) is 4.73. The highest BCUT2D eigenvalue weighted by molar-refractivity contribution is 5.84. The van der Waals surface area contributed by atoms with Gasteiger partial charge in [0.1, 0.15) is 5.75 Å². The zero-order chi connectivity index (χ0) is 15.4. The van der Waals surface area contributed by atoms with Gasteiger partial charge in [-0.05, 0) is 76.0 Å². The summed E-state index contributed by atoms with van der Waals surface area (Å²) in [7, 11) is 2.23. The Kier molecular flexibility index (Phi) is 5.01. The van der Waals surface area contributed by atoms with Crippen LogP contribution in [0.25, 0.3) is 10.9 Å². The van der Waals surface area contributed by atoms with Crippen LogP contribution in [-0.2, 0) is 6.42 Å². The second-order valence-electron chi connectivity index (χ2n) is 6.35. The van der Waals surface area contributed by atoms with Gasteiger partial charge in [-0.25, -0.2) is 0 Å². The molecule has 0 aliphatic carbocycles. The Morgan fingerprint density at radius 2 is 2.27 bits per heavy atom. The van der Waals surface area contributed by atoms with Gasteiger partial charge >= 0.3 is 0 Å². The van der Waals surface area contributed by atoms with Gasteiger partial charge in [0.15, 0.2) is 0 Å². The molecule has 2 heterocycles. The molecule has 1 aromatic carbocycles. The van der Waals surface area contributed by atoms with Gasteiger partial charge in [-0.1, -0.05) is 0 Å². The van der Waals surface area contributed by atoms with Crippen LogP contribution in [0.3, 0.4) is 0 Å². The maximum atomic E-state index is 5.85. The molecule has 4 heteroatoms. The molecule has 3 N–H and O–H groups in total. The van der Waals surface area contributed by atoms with E-state index in [1.54, 1.807) is 0 Å². The summed E-state index contributed by atoms with van der Waals surface area (Å²) in [5.74, 6) is 0.963. The standard InChI is InChI=1S/C18H27N3O/c1-21-9-4-5-15(21)11-14-13-20-18-7-6-16(12-17(14)18)22-10-3-2-8-19/h6-7,12-13,15,20H,2-5,8-11,19H2,1H3/t15-/m0/s1. The van der Waals surface area contributed by atoms with E-state index >= 15 is 0 Å². The molecule has 1 saturated heterocycles. The van der Waals surface area contributed by atoms with E-state index in [0.29, 0.717) is 6.04 Å². The highest BCUT2D eigenvalue weighted by Crippen LogP contribution is 2.27. The van der Waals surface area contributed by atoms with Crippen molar-refractivity contribution < 1.29 is 4.74 Å². The molecule has 4 nitrogen and oxygen atoms in total. The van der Waals surface area contributed by atoms with Crippen molar-refractivity contribution >= 4 is 10.9 Å². The molecule has 1 fully saturated rings. The first kappa shape index (κ1) is 15.4. The lowest BCUT2D eigenvalue weighted by Crippen LogP contribution is -2.26. The molecule has 0 radical (unpaired) electrons. The Balaban J connectivity index is 1.71. The van der Waals surface area contributed by atoms with E-state index in [0.717, 1.165) is 38.2 Å². The van der Waals surface area contributed by atoms with Crippen molar-refractivity contribution in [2.24, 2.45) is 5.73 Å². The average Bonchev–Trinajstić information content (AvgIpc) is 3.11. The first-order chi connectivity index (χ1) is 10.8. The highest BCUT2D eigenvalue weighted by atomic mass is 16.5. The van der Waals surface area contributed by atoms with Crippen LogP contribution in [0.4, 0.5) is 0 Å². The van der Waals surface area contributed by atoms with Crippen molar-refractivity contribution in [3.05, 3.63) is 30.0 Å². The van der Waals surface area contributed by atoms with Gasteiger partial charge in [-0.2, -0.15) is 0 Å². The van der Waals surface area contributed by atoms with Crippen LogP contribution >= 0.6 is 0 Å². The lowest BCUT2D eigenvalue weighted by molar-refractivity contribution is 0.307. The minimum Gasteiger partial charge on any atom is -0.494 e. The topological polar surface area (TPSA) is 54.3 Å². The zero-order valence-electron chi connectivity index (χ0n) is 13.5. The second kappa shape index (κ2) is 7.16. The fourth-order valence-electron chi connectivity index (χ4n) is 3.34. The van der Waals surface area contributed by atoms with Crippen LogP contribution in [0, 0.1) is 0 Å². The third kappa shape index (κ3) is 3.45. The summed E-state index contributed by atoms with van der Waals surface area (Å²) in [5.41, 5.74) is 8.12. The van der Waals surface area contributed by atoms with E-state index in [2.05, 4.69) is 35.3 Å². The Hall–Kier alpha value is -1.52. The first-order valence-corrected chi connectivity index (χ1v) is 8.41. The van der Waals surface area contributed by atoms with E-state index in [1.807, 2.05) is 6.07 Å². The summed E-state index contributed by atoms with van der Waals surface area (Å²) in [6.07, 6.45) is 7.94. The summed E-state index contributed by atoms with van der Waals surface area (Å²) < 4.78 is 5.85. The van der Waals surface area contributed by atoms with Crippen molar-refractivity contribution in [1.29, 1.82) is 0 Å². The number of nitrogens with zero attached hydrogens (tertiary/aromatic N) is 1. The van der Waals surface area contributed by atoms with Crippen LogP contribution < -0.4 is 10.5 Å². The molecule has 0 unspecified atom stereocenters. The SMILES string of the molecule is CN1CCC[C@H]1Cc1c[nH]c2ccc(OCCCCN)cc12. The number of nitrogens with two attached hydrogens (primary N) is 1. The average molecular weight is 301 g/mol. The molecule has 1 atom stereocenters. The van der Waals surface area contributed by atoms with Crippen LogP contribution in [0.5, 0.6) is 5.75 Å². The number of aromatic amines is 1. The van der Waals surface area contributed by atoms with Crippen LogP contribution in [0.15, 0.2) is 24.4 Å². The molecule has 3 rings (SSSR count). The molecule has 0 spiro atoms. The summed E-state index contributed by atoms with van der Waals surface area (Å²) in [6, 6.07) is 7.02. The second-order valence-corrected chi connectivity index (χ2v) is 6.35. The van der Waals surface area contributed by atoms with Crippen LogP contribution in [-0.4, -0.2) is 42.7 Å². The van der Waals surface area contributed by atoms with Gasteiger partial charge in [-0.15, -0.1) is 0 Å². The van der Waals surface area contributed by atoms with E-state index in [-0.39, 0.29) is 0 Å². The molecule has 120 valence electrons. The number of aromatic nitrogens is 1. The predicted molar refractivity (Wildman–Crippen MR) is 91.4 cm³/mol. The van der Waals surface area contributed by atoms with E-state index in [1.165, 1.54) is 35.9 Å². The van der Waals surface area contributed by atoms with Gasteiger partial charge in [0.25, 0.3) is 0 Å². The zero-order valence-corrected chi connectivity index (χ0v) is 13.5. The van der Waals surface area contributed by atoms with Gasteiger partial charge in [-0.3, -0.25) is 0 Å². The van der Waals surface area contributed by atoms with Crippen LogP contribution in [0.2, 0.25) is 0 Å². The molecule has 0 amide bonds. The predicted octanol–water partition coefficient (Wildman–Crippen LogP) is 2.92. The van der Waals surface area contributed by atoms with E-state index < -0.39 is 0 Å². The van der Waals surface area contributed by atoms with Crippen molar-refractivity contribution in [3.8, 4) is 5.75 Å². The van der Waals surface area contributed by atoms with Gasteiger partial charge < -0.3 is 20.4 Å². The number of likely N-dealkylation sites (tertiary alicyclic amines) is 1. The Labute approximate surface area is 132 Å². The Bertz CT molecular complexity index is 607. The molecule has 2 aromatic rings. The molecule has 1 aromatic heterocycles. The third-order valence-electron chi connectivity index (χ3n) is 4.73. The summed E-state index contributed by atoms with van der Waals surface area (Å²) in [6.45, 7) is 2.70. The first-order valence-electron chi connectivity index (χ1n) is 8.41. The highest BCUT2D eigenvalue weighted by Gasteiger charge is 2.22. The number of nitrogens with one attached hydrogen (secondary N) is 1. The largest absolute Gasteiger partial charge is 0.494 e. The number of benzene rings is 1. The molecule has 0 bridgehead atoms. The number of unbranched alkanes of at least 4 members (excludes halogenated alkanes) is 1. The smallest absolute Gasteiger partial charge is 0.120 e. The minimum absolute atomic E-state index is 0.674. The molecule has 22 heavy (non-hydrogen) atoms. The van der Waals surface area contributed by atoms with Gasteiger partial charge in [0.2, 0.25) is 0 Å². The quantitative estimate of drug-likeness (QED) is 0.773. The lowest BCUT2D eigenvalue weighted by atomic mass is 10.0. The normalized spacial score (nSPS) is 19.1. The van der Waals surface area contributed by atoms with Gasteiger partial charge in [0.05, 0.1) is 6.61 Å². The summed E-state index contributed by atoms with van der Waals surface area (Å²) >= 11 is 0. The number of hydrogen-bond donors (Lipinski definition) is 2. The number of likely N-dealkylation sites (N-methyl/N-ethyl adjacent to an activating group) is 1. The van der Waals surface area contributed by atoms with Crippen molar-refractivity contribution in [1.82, 2.24) is 9.88 Å². The number of rotatable bonds is 7. The van der Waals surface area contributed by atoms with Crippen molar-refractivity contribution in [2.45, 2.75) is 38.1 Å². The number of hydrogen-bond acceptors (Lipinski definition) is 3. The monoisotopic (exact) mass is 301 g/mol. The number of H-pyrrole nitrogens is 1. The maximum absolute atomic E-state index is 5.85. The fourth-order valence-corrected chi connectivity index (χ4v) is 3.34. The number of fused-ring (bicyclic) bond motifs is 1. The van der Waals surface area contributed by atoms with Crippen molar-refractivity contribution in [2.75, 3.05) is 26.7 Å². The molecular weight excluding hydrogens is 274 g/mol. The van der Waals surface area contributed by atoms with Crippen LogP contribution in [0.1, 0.15) is 31.2 Å². The Morgan fingerprint density at radius 1 is 1.36 bits per heavy atom. The fraction of sp³-hybridized carbons (Fsp3) is 0.556. The summed E-state index contributed by atoms with van der Waals surface area (Å²) in [5, 5.41) is 1.30. The van der Waals surface area contributed by atoms with E-state index in [4.69, 9.17) is 10.5 Å². The number of ether oxygens (including phenoxy) is 1. The van der Waals surface area contributed by atoms with E-state index in [9.17, 15) is 0 Å². The lowest BCUT2D eigenvalue weighted by Gasteiger charge is -2.18. The Morgan fingerprint density at radius 3 is 3.05 bits per heavy atom. The molecule has 0 saturated carbocycles. The molecule has 1 aliphatic heterocycles. The minimum atomic E-state index is 0.674. The van der Waals surface area contributed by atoms with Gasteiger partial charge in [0, 0.05) is 23.1 Å². The maximum Gasteiger partial charge on any atom is 0.120 e. The van der Waals surface area contributed by atoms with Crippen molar-refractivity contribution in [3.63, 3.8) is 0 Å². The summed E-state index contributed by atoms with van der Waals surface area (Å²) in [4.78, 5) is 5.87.